The van der Waals surface area contributed by atoms with E-state index in [0.29, 0.717) is 13.2 Å². The van der Waals surface area contributed by atoms with Crippen LogP contribution in [0.25, 0.3) is 11.1 Å². The Kier molecular flexibility index (Phi) is 3.75. The summed E-state index contributed by atoms with van der Waals surface area (Å²) in [5.41, 5.74) is 2.75. The highest BCUT2D eigenvalue weighted by Crippen LogP contribution is 2.35. The van der Waals surface area contributed by atoms with Crippen molar-refractivity contribution in [2.75, 3.05) is 6.61 Å². The third-order valence-corrected chi connectivity index (χ3v) is 4.78. The minimum Gasteiger partial charge on any atom is -0.491 e. The predicted molar refractivity (Wildman–Crippen MR) is 90.1 cm³/mol. The zero-order chi connectivity index (χ0) is 16.7. The summed E-state index contributed by atoms with van der Waals surface area (Å²) in [5.74, 6) is 0.987. The SMILES string of the molecule is CC1COc2ccc(-c3cccc(F)c3)cc2CN1C(=O)C1CC1. The molecule has 2 aromatic rings. The van der Waals surface area contributed by atoms with Gasteiger partial charge in [-0.2, -0.15) is 0 Å². The quantitative estimate of drug-likeness (QED) is 0.835. The number of hydrogen-bond donors (Lipinski definition) is 0. The van der Waals surface area contributed by atoms with Crippen LogP contribution in [0.15, 0.2) is 42.5 Å². The van der Waals surface area contributed by atoms with Gasteiger partial charge in [-0.15, -0.1) is 0 Å². The van der Waals surface area contributed by atoms with Crippen molar-refractivity contribution in [2.24, 2.45) is 5.92 Å². The van der Waals surface area contributed by atoms with E-state index in [4.69, 9.17) is 4.74 Å². The fraction of sp³-hybridized carbons (Fsp3) is 0.350. The lowest BCUT2D eigenvalue weighted by atomic mass is 10.0. The number of fused-ring (bicyclic) bond motifs is 1. The Labute approximate surface area is 141 Å². The molecule has 0 N–H and O–H groups in total. The van der Waals surface area contributed by atoms with Crippen LogP contribution in [0.3, 0.4) is 0 Å². The second-order valence-electron chi connectivity index (χ2n) is 6.73. The van der Waals surface area contributed by atoms with E-state index in [1.54, 1.807) is 6.07 Å². The molecule has 1 atom stereocenters. The molecule has 2 aliphatic rings. The molecule has 0 aromatic heterocycles. The van der Waals surface area contributed by atoms with Crippen LogP contribution in [0.4, 0.5) is 4.39 Å². The molecule has 3 nitrogen and oxygen atoms in total. The van der Waals surface area contributed by atoms with E-state index in [0.717, 1.165) is 35.3 Å². The Hall–Kier alpha value is -2.36. The molecule has 4 rings (SSSR count). The largest absolute Gasteiger partial charge is 0.491 e. The van der Waals surface area contributed by atoms with Gasteiger partial charge >= 0.3 is 0 Å². The van der Waals surface area contributed by atoms with Crippen LogP contribution in [0.1, 0.15) is 25.3 Å². The first-order valence-electron chi connectivity index (χ1n) is 8.44. The molecule has 1 heterocycles. The molecular formula is C20H20FNO2. The highest BCUT2D eigenvalue weighted by atomic mass is 19.1. The van der Waals surface area contributed by atoms with Gasteiger partial charge in [-0.25, -0.2) is 4.39 Å². The summed E-state index contributed by atoms with van der Waals surface area (Å²) in [6.45, 7) is 3.08. The molecule has 4 heteroatoms. The lowest BCUT2D eigenvalue weighted by Crippen LogP contribution is -2.40. The van der Waals surface area contributed by atoms with E-state index >= 15 is 0 Å². The van der Waals surface area contributed by atoms with Crippen LogP contribution in [-0.4, -0.2) is 23.5 Å². The molecule has 0 bridgehead atoms. The minimum atomic E-state index is -0.252. The maximum Gasteiger partial charge on any atom is 0.226 e. The van der Waals surface area contributed by atoms with Crippen molar-refractivity contribution < 1.29 is 13.9 Å². The molecule has 2 aromatic carbocycles. The number of nitrogens with zero attached hydrogens (tertiary/aromatic N) is 1. The maximum absolute atomic E-state index is 13.5. The topological polar surface area (TPSA) is 29.5 Å². The molecule has 1 aliphatic heterocycles. The van der Waals surface area contributed by atoms with Gasteiger partial charge in [0.2, 0.25) is 5.91 Å². The molecule has 1 saturated carbocycles. The van der Waals surface area contributed by atoms with Gasteiger partial charge in [0.15, 0.2) is 0 Å². The van der Waals surface area contributed by atoms with Gasteiger partial charge < -0.3 is 9.64 Å². The number of carbonyl (C=O) groups is 1. The summed E-state index contributed by atoms with van der Waals surface area (Å²) in [7, 11) is 0. The Morgan fingerprint density at radius 3 is 2.71 bits per heavy atom. The van der Waals surface area contributed by atoms with E-state index < -0.39 is 0 Å². The van der Waals surface area contributed by atoms with Crippen LogP contribution >= 0.6 is 0 Å². The molecule has 124 valence electrons. The summed E-state index contributed by atoms with van der Waals surface area (Å²) < 4.78 is 19.4. The monoisotopic (exact) mass is 325 g/mol. The van der Waals surface area contributed by atoms with Crippen LogP contribution in [0, 0.1) is 11.7 Å². The van der Waals surface area contributed by atoms with Gasteiger partial charge in [-0.3, -0.25) is 4.79 Å². The number of benzene rings is 2. The third kappa shape index (κ3) is 2.88. The van der Waals surface area contributed by atoms with Crippen molar-refractivity contribution in [1.82, 2.24) is 4.90 Å². The Morgan fingerprint density at radius 2 is 1.96 bits per heavy atom. The van der Waals surface area contributed by atoms with Gasteiger partial charge in [0.05, 0.1) is 6.04 Å². The summed E-state index contributed by atoms with van der Waals surface area (Å²) in [6.07, 6.45) is 2.00. The molecule has 0 radical (unpaired) electrons. The Balaban J connectivity index is 1.68. The van der Waals surface area contributed by atoms with Crippen LogP contribution in [0.5, 0.6) is 5.75 Å². The average molecular weight is 325 g/mol. The number of ether oxygens (including phenoxy) is 1. The highest BCUT2D eigenvalue weighted by molar-refractivity contribution is 5.81. The van der Waals surface area contributed by atoms with Crippen LogP contribution in [-0.2, 0) is 11.3 Å². The number of carbonyl (C=O) groups excluding carboxylic acids is 1. The number of rotatable bonds is 2. The van der Waals surface area contributed by atoms with Crippen molar-refractivity contribution in [2.45, 2.75) is 32.4 Å². The average Bonchev–Trinajstić information content (AvgIpc) is 3.42. The number of hydrogen-bond acceptors (Lipinski definition) is 2. The molecule has 1 amide bonds. The van der Waals surface area contributed by atoms with Gasteiger partial charge in [-0.05, 0) is 55.2 Å². The first-order chi connectivity index (χ1) is 11.6. The first-order valence-corrected chi connectivity index (χ1v) is 8.44. The summed E-state index contributed by atoms with van der Waals surface area (Å²) >= 11 is 0. The zero-order valence-electron chi connectivity index (χ0n) is 13.7. The van der Waals surface area contributed by atoms with Gasteiger partial charge in [-0.1, -0.05) is 18.2 Å². The van der Waals surface area contributed by atoms with Crippen LogP contribution in [0.2, 0.25) is 0 Å². The Morgan fingerprint density at radius 1 is 1.17 bits per heavy atom. The molecule has 1 fully saturated rings. The van der Waals surface area contributed by atoms with E-state index in [2.05, 4.69) is 0 Å². The third-order valence-electron chi connectivity index (χ3n) is 4.78. The second kappa shape index (κ2) is 5.93. The predicted octanol–water partition coefficient (Wildman–Crippen LogP) is 4.01. The maximum atomic E-state index is 13.5. The van der Waals surface area contributed by atoms with E-state index in [9.17, 15) is 9.18 Å². The normalized spacial score (nSPS) is 20.1. The van der Waals surface area contributed by atoms with Gasteiger partial charge in [0.25, 0.3) is 0 Å². The van der Waals surface area contributed by atoms with Crippen molar-refractivity contribution in [3.05, 3.63) is 53.8 Å². The van der Waals surface area contributed by atoms with E-state index in [-0.39, 0.29) is 23.7 Å². The van der Waals surface area contributed by atoms with E-state index in [1.807, 2.05) is 36.1 Å². The fourth-order valence-electron chi connectivity index (χ4n) is 3.19. The molecular weight excluding hydrogens is 305 g/mol. The number of amides is 1. The molecule has 0 saturated heterocycles. The lowest BCUT2D eigenvalue weighted by molar-refractivity contribution is -0.135. The molecule has 1 unspecified atom stereocenters. The summed E-state index contributed by atoms with van der Waals surface area (Å²) in [6, 6.07) is 12.5. The zero-order valence-corrected chi connectivity index (χ0v) is 13.7. The lowest BCUT2D eigenvalue weighted by Gasteiger charge is -2.26. The van der Waals surface area contributed by atoms with Gasteiger partial charge in [0.1, 0.15) is 18.2 Å². The first kappa shape index (κ1) is 15.2. The van der Waals surface area contributed by atoms with Crippen molar-refractivity contribution in [3.63, 3.8) is 0 Å². The van der Waals surface area contributed by atoms with Crippen molar-refractivity contribution in [3.8, 4) is 16.9 Å². The highest BCUT2D eigenvalue weighted by Gasteiger charge is 2.36. The fourth-order valence-corrected chi connectivity index (χ4v) is 3.19. The smallest absolute Gasteiger partial charge is 0.226 e. The van der Waals surface area contributed by atoms with Gasteiger partial charge in [0, 0.05) is 18.0 Å². The second-order valence-corrected chi connectivity index (χ2v) is 6.73. The molecule has 24 heavy (non-hydrogen) atoms. The van der Waals surface area contributed by atoms with Crippen molar-refractivity contribution >= 4 is 5.91 Å². The number of halogens is 1. The van der Waals surface area contributed by atoms with Crippen molar-refractivity contribution in [1.29, 1.82) is 0 Å². The standard InChI is InChI=1S/C20H20FNO2/c1-13-12-24-19-8-7-16(15-3-2-4-18(21)10-15)9-17(19)11-22(13)20(23)14-5-6-14/h2-4,7-10,13-14H,5-6,11-12H2,1H3. The van der Waals surface area contributed by atoms with E-state index in [1.165, 1.54) is 12.1 Å². The molecule has 1 aliphatic carbocycles. The summed E-state index contributed by atoms with van der Waals surface area (Å²) in [5, 5.41) is 0. The summed E-state index contributed by atoms with van der Waals surface area (Å²) in [4.78, 5) is 14.5. The minimum absolute atomic E-state index is 0.0584. The Bertz CT molecular complexity index is 785. The van der Waals surface area contributed by atoms with Crippen LogP contribution < -0.4 is 4.74 Å². The molecule has 0 spiro atoms.